The van der Waals surface area contributed by atoms with E-state index in [2.05, 4.69) is 0 Å². The van der Waals surface area contributed by atoms with Gasteiger partial charge in [-0.2, -0.15) is 0 Å². The van der Waals surface area contributed by atoms with Crippen LogP contribution in [0, 0.1) is 34.0 Å². The molecule has 6 rings (SSSR count). The number of epoxide rings is 1. The number of cyclic esters (lactones) is 1. The number of furan rings is 1. The molecule has 0 amide bonds. The van der Waals surface area contributed by atoms with Crippen molar-refractivity contribution in [3.63, 3.8) is 0 Å². The Balaban J connectivity index is 1.66. The standard InChI is InChI=1S/C35H46O11/c1-10-17(2)30(40)44-29-27(43-19(4)37)28-32(7)22(31(5,6)46-26(39)15-24(32)42-18(3)36)14-23(38)34(28,9)35-25(45-35)13-21(33(29,35)8)20-11-12-41-16-20/h11-12,16-17,21-22,24-25,27-29H,10,13-15H2,1-9H3/t17?,21-,22?,24-,25+,27-,28+,29-,32+,33+,34+,35+/m0/s1. The van der Waals surface area contributed by atoms with E-state index < -0.39 is 87.4 Å². The van der Waals surface area contributed by atoms with Gasteiger partial charge < -0.3 is 28.1 Å². The summed E-state index contributed by atoms with van der Waals surface area (Å²) in [6, 6.07) is 1.87. The van der Waals surface area contributed by atoms with Crippen LogP contribution in [0.2, 0.25) is 0 Å². The molecule has 252 valence electrons. The van der Waals surface area contributed by atoms with E-state index in [1.807, 2.05) is 33.8 Å². The van der Waals surface area contributed by atoms with E-state index in [0.717, 1.165) is 5.56 Å². The van der Waals surface area contributed by atoms with Gasteiger partial charge in [0.05, 0.1) is 36.4 Å². The molecule has 11 heteroatoms. The van der Waals surface area contributed by atoms with Crippen molar-refractivity contribution in [1.82, 2.24) is 0 Å². The molecule has 1 aromatic heterocycles. The largest absolute Gasteiger partial charge is 0.472 e. The highest BCUT2D eigenvalue weighted by Crippen LogP contribution is 2.82. The Morgan fingerprint density at radius 2 is 1.67 bits per heavy atom. The van der Waals surface area contributed by atoms with Crippen molar-refractivity contribution in [2.24, 2.45) is 34.0 Å². The lowest BCUT2D eigenvalue weighted by atomic mass is 9.36. The molecule has 2 aliphatic heterocycles. The second-order valence-corrected chi connectivity index (χ2v) is 15.3. The first-order valence-corrected chi connectivity index (χ1v) is 16.4. The molecule has 5 aliphatic rings. The fourth-order valence-corrected chi connectivity index (χ4v) is 10.7. The van der Waals surface area contributed by atoms with Crippen LogP contribution >= 0.6 is 0 Å². The predicted octanol–water partition coefficient (Wildman–Crippen LogP) is 4.69. The smallest absolute Gasteiger partial charge is 0.310 e. The molecule has 2 saturated heterocycles. The lowest BCUT2D eigenvalue weighted by Gasteiger charge is -2.67. The summed E-state index contributed by atoms with van der Waals surface area (Å²) in [4.78, 5) is 67.8. The number of fused-ring (bicyclic) bond motifs is 3. The van der Waals surface area contributed by atoms with Gasteiger partial charge in [0, 0.05) is 48.9 Å². The maximum Gasteiger partial charge on any atom is 0.310 e. The molecule has 0 bridgehead atoms. The van der Waals surface area contributed by atoms with Crippen molar-refractivity contribution < 1.29 is 52.1 Å². The number of carbonyl (C=O) groups excluding carboxylic acids is 5. The first-order chi connectivity index (χ1) is 21.4. The van der Waals surface area contributed by atoms with Crippen LogP contribution in [-0.2, 0) is 47.7 Å². The molecule has 1 spiro atoms. The van der Waals surface area contributed by atoms with Crippen LogP contribution in [0.5, 0.6) is 0 Å². The molecule has 3 saturated carbocycles. The Hall–Kier alpha value is -3.21. The van der Waals surface area contributed by atoms with E-state index in [9.17, 15) is 24.0 Å². The molecular formula is C35H46O11. The lowest BCUT2D eigenvalue weighted by Crippen LogP contribution is -2.78. The Labute approximate surface area is 269 Å². The van der Waals surface area contributed by atoms with Gasteiger partial charge in [0.2, 0.25) is 0 Å². The van der Waals surface area contributed by atoms with Crippen molar-refractivity contribution >= 4 is 29.7 Å². The molecular weight excluding hydrogens is 596 g/mol. The molecule has 3 aliphatic carbocycles. The summed E-state index contributed by atoms with van der Waals surface area (Å²) in [6.07, 6.45) is 0.409. The highest BCUT2D eigenvalue weighted by molar-refractivity contribution is 5.90. The van der Waals surface area contributed by atoms with Gasteiger partial charge in [-0.1, -0.05) is 27.7 Å². The minimum absolute atomic E-state index is 0.00987. The maximum absolute atomic E-state index is 15.0. The Morgan fingerprint density at radius 3 is 2.26 bits per heavy atom. The normalized spacial score (nSPS) is 44.2. The van der Waals surface area contributed by atoms with Crippen LogP contribution in [0.25, 0.3) is 0 Å². The molecule has 5 fully saturated rings. The van der Waals surface area contributed by atoms with Crippen molar-refractivity contribution in [2.45, 2.75) is 130 Å². The SMILES string of the molecule is CCC(C)C(=O)O[C@H]1[C@@H](OC(C)=O)[C@@H]2[C@]3(C)C(CC(=O)[C@@]2(C)[C@@]24O[C@@H]2C[C@@H](c2ccoc2)[C@]14C)C(C)(C)OC(=O)C[C@@H]3OC(C)=O. The van der Waals surface area contributed by atoms with E-state index in [1.54, 1.807) is 33.3 Å². The van der Waals surface area contributed by atoms with Crippen molar-refractivity contribution in [2.75, 3.05) is 0 Å². The van der Waals surface area contributed by atoms with Crippen LogP contribution in [0.15, 0.2) is 23.0 Å². The summed E-state index contributed by atoms with van der Waals surface area (Å²) in [5, 5.41) is 0. The third kappa shape index (κ3) is 4.08. The fourth-order valence-electron chi connectivity index (χ4n) is 10.7. The molecule has 46 heavy (non-hydrogen) atoms. The summed E-state index contributed by atoms with van der Waals surface area (Å²) in [6.45, 7) is 15.5. The number of esters is 4. The molecule has 3 heterocycles. The maximum atomic E-state index is 15.0. The quantitative estimate of drug-likeness (QED) is 0.242. The zero-order valence-electron chi connectivity index (χ0n) is 28.2. The first-order valence-electron chi connectivity index (χ1n) is 16.4. The molecule has 0 aromatic carbocycles. The number of carbonyl (C=O) groups is 5. The minimum Gasteiger partial charge on any atom is -0.472 e. The second-order valence-electron chi connectivity index (χ2n) is 15.3. The number of rotatable bonds is 6. The third-order valence-electron chi connectivity index (χ3n) is 12.8. The van der Waals surface area contributed by atoms with Gasteiger partial charge in [-0.25, -0.2) is 0 Å². The third-order valence-corrected chi connectivity index (χ3v) is 12.8. The van der Waals surface area contributed by atoms with Gasteiger partial charge in [0.25, 0.3) is 0 Å². The van der Waals surface area contributed by atoms with Gasteiger partial charge in [0.15, 0.2) is 0 Å². The molecule has 12 atom stereocenters. The van der Waals surface area contributed by atoms with Crippen LogP contribution in [0.4, 0.5) is 0 Å². The summed E-state index contributed by atoms with van der Waals surface area (Å²) in [5.74, 6) is -4.64. The number of ether oxygens (including phenoxy) is 5. The zero-order valence-corrected chi connectivity index (χ0v) is 28.2. The number of hydrogen-bond acceptors (Lipinski definition) is 11. The second kappa shape index (κ2) is 10.4. The summed E-state index contributed by atoms with van der Waals surface area (Å²) in [5.41, 5.74) is -4.94. The molecule has 2 unspecified atom stereocenters. The van der Waals surface area contributed by atoms with Crippen LogP contribution < -0.4 is 0 Å². The average molecular weight is 643 g/mol. The van der Waals surface area contributed by atoms with Crippen molar-refractivity contribution in [1.29, 1.82) is 0 Å². The topological polar surface area (TPSA) is 148 Å². The number of Topliss-reactive ketones (excluding diaryl/α,β-unsaturated/α-hetero) is 1. The molecule has 0 N–H and O–H groups in total. The highest BCUT2D eigenvalue weighted by atomic mass is 16.6. The lowest BCUT2D eigenvalue weighted by molar-refractivity contribution is -0.281. The fraction of sp³-hybridized carbons (Fsp3) is 0.743. The Bertz CT molecular complexity index is 1460. The van der Waals surface area contributed by atoms with Gasteiger partial charge >= 0.3 is 23.9 Å². The molecule has 11 nitrogen and oxygen atoms in total. The van der Waals surface area contributed by atoms with E-state index in [-0.39, 0.29) is 30.6 Å². The van der Waals surface area contributed by atoms with Gasteiger partial charge in [-0.3, -0.25) is 24.0 Å². The zero-order chi connectivity index (χ0) is 33.8. The predicted molar refractivity (Wildman–Crippen MR) is 160 cm³/mol. The van der Waals surface area contributed by atoms with Gasteiger partial charge in [-0.05, 0) is 45.2 Å². The summed E-state index contributed by atoms with van der Waals surface area (Å²) in [7, 11) is 0. The molecule has 0 radical (unpaired) electrons. The number of hydrogen-bond donors (Lipinski definition) is 0. The first kappa shape index (κ1) is 32.7. The average Bonchev–Trinajstić information content (AvgIpc) is 3.33. The summed E-state index contributed by atoms with van der Waals surface area (Å²) >= 11 is 0. The van der Waals surface area contributed by atoms with Gasteiger partial charge in [-0.15, -0.1) is 0 Å². The van der Waals surface area contributed by atoms with E-state index in [4.69, 9.17) is 28.1 Å². The minimum atomic E-state index is -1.31. The van der Waals surface area contributed by atoms with Crippen LogP contribution in [-0.4, -0.2) is 65.3 Å². The van der Waals surface area contributed by atoms with E-state index in [0.29, 0.717) is 12.8 Å². The Kier molecular flexibility index (Phi) is 7.39. The van der Waals surface area contributed by atoms with E-state index in [1.165, 1.54) is 13.8 Å². The summed E-state index contributed by atoms with van der Waals surface area (Å²) < 4.78 is 37.0. The van der Waals surface area contributed by atoms with Crippen LogP contribution in [0.3, 0.4) is 0 Å². The molecule has 1 aromatic rings. The number of ketones is 1. The van der Waals surface area contributed by atoms with Gasteiger partial charge in [0.1, 0.15) is 35.3 Å². The van der Waals surface area contributed by atoms with Crippen LogP contribution in [0.1, 0.15) is 99.5 Å². The Morgan fingerprint density at radius 1 is 1.00 bits per heavy atom. The van der Waals surface area contributed by atoms with Crippen molar-refractivity contribution in [3.05, 3.63) is 24.2 Å². The van der Waals surface area contributed by atoms with Crippen molar-refractivity contribution in [3.8, 4) is 0 Å². The van der Waals surface area contributed by atoms with E-state index >= 15 is 0 Å². The monoisotopic (exact) mass is 642 g/mol. The highest BCUT2D eigenvalue weighted by Gasteiger charge is 2.92.